The quantitative estimate of drug-likeness (QED) is 0.738. The molecule has 0 aromatic carbocycles. The summed E-state index contributed by atoms with van der Waals surface area (Å²) in [6, 6.07) is 0. The maximum atomic E-state index is 11.6. The summed E-state index contributed by atoms with van der Waals surface area (Å²) in [6.45, 7) is 4.75. The third-order valence-corrected chi connectivity index (χ3v) is 2.84. The lowest BCUT2D eigenvalue weighted by Gasteiger charge is -2.12. The number of hydrogen-bond acceptors (Lipinski definition) is 2. The van der Waals surface area contributed by atoms with Crippen LogP contribution < -0.4 is 5.32 Å². The average Bonchev–Trinajstić information content (AvgIpc) is 2.62. The predicted octanol–water partition coefficient (Wildman–Crippen LogP) is 1.26. The molecule has 2 unspecified atom stereocenters. The molecule has 4 nitrogen and oxygen atoms in total. The molecule has 1 aliphatic rings. The van der Waals surface area contributed by atoms with E-state index in [1.807, 2.05) is 13.8 Å². The summed E-state index contributed by atoms with van der Waals surface area (Å²) in [5, 5.41) is 11.7. The van der Waals surface area contributed by atoms with Crippen LogP contribution in [0.2, 0.25) is 0 Å². The van der Waals surface area contributed by atoms with Crippen LogP contribution in [0.4, 0.5) is 0 Å². The van der Waals surface area contributed by atoms with Gasteiger partial charge in [0.2, 0.25) is 5.91 Å². The van der Waals surface area contributed by atoms with Crippen molar-refractivity contribution < 1.29 is 14.7 Å². The van der Waals surface area contributed by atoms with Crippen LogP contribution in [-0.2, 0) is 9.59 Å². The predicted molar refractivity (Wildman–Crippen MR) is 56.3 cm³/mol. The van der Waals surface area contributed by atoms with E-state index in [0.29, 0.717) is 31.7 Å². The number of nitrogens with one attached hydrogen (secondary N) is 1. The number of carboxylic acid groups (broad SMARTS) is 1. The van der Waals surface area contributed by atoms with E-state index in [1.54, 1.807) is 0 Å². The van der Waals surface area contributed by atoms with Gasteiger partial charge in [0, 0.05) is 12.5 Å². The number of carbonyl (C=O) groups excluding carboxylic acids is 1. The highest BCUT2D eigenvalue weighted by atomic mass is 16.4. The van der Waals surface area contributed by atoms with Crippen molar-refractivity contribution in [3.63, 3.8) is 0 Å². The summed E-state index contributed by atoms with van der Waals surface area (Å²) >= 11 is 0. The molecule has 0 aromatic rings. The largest absolute Gasteiger partial charge is 0.481 e. The number of carboxylic acids is 1. The smallest absolute Gasteiger partial charge is 0.306 e. The SMILES string of the molecule is CC(C)CNC(=O)C1CCC(C(=O)O)C1. The fourth-order valence-electron chi connectivity index (χ4n) is 1.89. The second-order valence-corrected chi connectivity index (χ2v) is 4.68. The van der Waals surface area contributed by atoms with Crippen molar-refractivity contribution in [1.29, 1.82) is 0 Å². The molecular weight excluding hydrogens is 194 g/mol. The number of hydrogen-bond donors (Lipinski definition) is 2. The van der Waals surface area contributed by atoms with Crippen molar-refractivity contribution in [2.24, 2.45) is 17.8 Å². The van der Waals surface area contributed by atoms with Gasteiger partial charge in [0.25, 0.3) is 0 Å². The molecule has 1 rings (SSSR count). The van der Waals surface area contributed by atoms with E-state index in [4.69, 9.17) is 5.11 Å². The van der Waals surface area contributed by atoms with Gasteiger partial charge in [-0.1, -0.05) is 13.8 Å². The van der Waals surface area contributed by atoms with E-state index in [0.717, 1.165) is 0 Å². The third-order valence-electron chi connectivity index (χ3n) is 2.84. The summed E-state index contributed by atoms with van der Waals surface area (Å²) in [5.41, 5.74) is 0. The Morgan fingerprint density at radius 1 is 1.33 bits per heavy atom. The molecule has 86 valence electrons. The van der Waals surface area contributed by atoms with E-state index in [-0.39, 0.29) is 17.7 Å². The van der Waals surface area contributed by atoms with Crippen molar-refractivity contribution in [2.75, 3.05) is 6.54 Å². The fraction of sp³-hybridized carbons (Fsp3) is 0.818. The Bertz CT molecular complexity index is 250. The van der Waals surface area contributed by atoms with Gasteiger partial charge < -0.3 is 10.4 Å². The monoisotopic (exact) mass is 213 g/mol. The first-order chi connectivity index (χ1) is 7.00. The Hall–Kier alpha value is -1.06. The molecule has 2 N–H and O–H groups in total. The molecule has 0 aliphatic heterocycles. The van der Waals surface area contributed by atoms with Gasteiger partial charge in [-0.05, 0) is 25.2 Å². The first-order valence-corrected chi connectivity index (χ1v) is 5.51. The summed E-state index contributed by atoms with van der Waals surface area (Å²) < 4.78 is 0. The summed E-state index contributed by atoms with van der Waals surface area (Å²) in [4.78, 5) is 22.3. The van der Waals surface area contributed by atoms with E-state index >= 15 is 0 Å². The van der Waals surface area contributed by atoms with Crippen molar-refractivity contribution in [2.45, 2.75) is 33.1 Å². The average molecular weight is 213 g/mol. The van der Waals surface area contributed by atoms with E-state index in [1.165, 1.54) is 0 Å². The highest BCUT2D eigenvalue weighted by Crippen LogP contribution is 2.31. The maximum absolute atomic E-state index is 11.6. The van der Waals surface area contributed by atoms with Gasteiger partial charge in [-0.25, -0.2) is 0 Å². The lowest BCUT2D eigenvalue weighted by molar-refractivity contribution is -0.141. The molecule has 4 heteroatoms. The second-order valence-electron chi connectivity index (χ2n) is 4.68. The molecule has 1 saturated carbocycles. The second kappa shape index (κ2) is 5.14. The van der Waals surface area contributed by atoms with Gasteiger partial charge in [-0.3, -0.25) is 9.59 Å². The minimum atomic E-state index is -0.769. The molecule has 0 bridgehead atoms. The topological polar surface area (TPSA) is 66.4 Å². The van der Waals surface area contributed by atoms with Gasteiger partial charge in [-0.15, -0.1) is 0 Å². The minimum Gasteiger partial charge on any atom is -0.481 e. The Morgan fingerprint density at radius 3 is 2.40 bits per heavy atom. The van der Waals surface area contributed by atoms with Crippen molar-refractivity contribution in [3.05, 3.63) is 0 Å². The number of rotatable bonds is 4. The molecule has 1 amide bonds. The fourth-order valence-corrected chi connectivity index (χ4v) is 1.89. The zero-order valence-electron chi connectivity index (χ0n) is 9.32. The third kappa shape index (κ3) is 3.53. The van der Waals surface area contributed by atoms with Gasteiger partial charge in [-0.2, -0.15) is 0 Å². The molecule has 1 fully saturated rings. The standard InChI is InChI=1S/C11H19NO3/c1-7(2)6-12-10(13)8-3-4-9(5-8)11(14)15/h7-9H,3-6H2,1-2H3,(H,12,13)(H,14,15). The van der Waals surface area contributed by atoms with Crippen molar-refractivity contribution in [3.8, 4) is 0 Å². The molecule has 0 saturated heterocycles. The van der Waals surface area contributed by atoms with Crippen LogP contribution in [0.5, 0.6) is 0 Å². The highest BCUT2D eigenvalue weighted by molar-refractivity contribution is 5.80. The minimum absolute atomic E-state index is 0.0208. The summed E-state index contributed by atoms with van der Waals surface area (Å²) in [5.74, 6) is -0.725. The number of carbonyl (C=O) groups is 2. The Kier molecular flexibility index (Phi) is 4.12. The first-order valence-electron chi connectivity index (χ1n) is 5.51. The van der Waals surface area contributed by atoms with Crippen LogP contribution in [0, 0.1) is 17.8 Å². The van der Waals surface area contributed by atoms with Crippen LogP contribution in [-0.4, -0.2) is 23.5 Å². The van der Waals surface area contributed by atoms with Crippen LogP contribution in [0.25, 0.3) is 0 Å². The van der Waals surface area contributed by atoms with Gasteiger partial charge >= 0.3 is 5.97 Å². The molecule has 1 aliphatic carbocycles. The Morgan fingerprint density at radius 2 is 1.93 bits per heavy atom. The zero-order valence-corrected chi connectivity index (χ0v) is 9.32. The number of amides is 1. The molecule has 0 radical (unpaired) electrons. The summed E-state index contributed by atoms with van der Waals surface area (Å²) in [6.07, 6.45) is 1.84. The van der Waals surface area contributed by atoms with Gasteiger partial charge in [0.1, 0.15) is 0 Å². The van der Waals surface area contributed by atoms with Crippen LogP contribution in [0.15, 0.2) is 0 Å². The van der Waals surface area contributed by atoms with E-state index in [9.17, 15) is 9.59 Å². The van der Waals surface area contributed by atoms with E-state index in [2.05, 4.69) is 5.32 Å². The lowest BCUT2D eigenvalue weighted by Crippen LogP contribution is -2.32. The number of aliphatic carboxylic acids is 1. The Balaban J connectivity index is 2.33. The van der Waals surface area contributed by atoms with Gasteiger partial charge in [0.05, 0.1) is 5.92 Å². The van der Waals surface area contributed by atoms with E-state index < -0.39 is 5.97 Å². The Labute approximate surface area is 90.0 Å². The molecule has 0 heterocycles. The summed E-state index contributed by atoms with van der Waals surface area (Å²) in [7, 11) is 0. The molecule has 0 aromatic heterocycles. The van der Waals surface area contributed by atoms with Crippen LogP contribution in [0.3, 0.4) is 0 Å². The molecular formula is C11H19NO3. The van der Waals surface area contributed by atoms with Gasteiger partial charge in [0.15, 0.2) is 0 Å². The lowest BCUT2D eigenvalue weighted by atomic mass is 10.0. The maximum Gasteiger partial charge on any atom is 0.306 e. The van der Waals surface area contributed by atoms with Crippen LogP contribution in [0.1, 0.15) is 33.1 Å². The van der Waals surface area contributed by atoms with Crippen LogP contribution >= 0.6 is 0 Å². The molecule has 15 heavy (non-hydrogen) atoms. The normalized spacial score (nSPS) is 25.5. The van der Waals surface area contributed by atoms with Crippen molar-refractivity contribution >= 4 is 11.9 Å². The van der Waals surface area contributed by atoms with Crippen molar-refractivity contribution in [1.82, 2.24) is 5.32 Å². The molecule has 2 atom stereocenters. The zero-order chi connectivity index (χ0) is 11.4. The highest BCUT2D eigenvalue weighted by Gasteiger charge is 2.33. The molecule has 0 spiro atoms. The first kappa shape index (κ1) is 12.0.